The monoisotopic (exact) mass is 1470 g/mol. The summed E-state index contributed by atoms with van der Waals surface area (Å²) in [6.45, 7) is 12.1. The summed E-state index contributed by atoms with van der Waals surface area (Å²) >= 11 is 0. The summed E-state index contributed by atoms with van der Waals surface area (Å²) in [5.41, 5.74) is 15.7. The van der Waals surface area contributed by atoms with E-state index in [1.807, 2.05) is 12.1 Å². The van der Waals surface area contributed by atoms with Gasteiger partial charge >= 0.3 is 5.97 Å². The minimum atomic E-state index is -1.64. The number of carboxylic acids is 1. The summed E-state index contributed by atoms with van der Waals surface area (Å²) < 4.78 is 0. The molecule has 3 heterocycles. The quantitative estimate of drug-likeness (QED) is 0.0215. The highest BCUT2D eigenvalue weighted by molar-refractivity contribution is 6.00. The molecular formula is C73H99N17O16. The predicted molar refractivity (Wildman–Crippen MR) is 389 cm³/mol. The highest BCUT2D eigenvalue weighted by Crippen LogP contribution is 2.23. The van der Waals surface area contributed by atoms with Crippen LogP contribution in [0.25, 0.3) is 21.8 Å². The van der Waals surface area contributed by atoms with Crippen molar-refractivity contribution in [3.63, 3.8) is 0 Å². The number of primary amides is 1. The number of fused-ring (bicyclic) bond motifs is 2. The summed E-state index contributed by atoms with van der Waals surface area (Å²) in [4.78, 5) is 204. The first kappa shape index (κ1) is 83.6. The molecule has 6 aromatic rings. The van der Waals surface area contributed by atoms with E-state index < -0.39 is 169 Å². The number of H-pyrrole nitrogens is 3. The fourth-order valence-electron chi connectivity index (χ4n) is 11.8. The van der Waals surface area contributed by atoms with Gasteiger partial charge < -0.3 is 99.9 Å². The maximum Gasteiger partial charge on any atom is 0.303 e. The van der Waals surface area contributed by atoms with Crippen LogP contribution in [-0.4, -0.2) is 186 Å². The van der Waals surface area contributed by atoms with E-state index in [4.69, 9.17) is 11.5 Å². The molecule has 11 atom stereocenters. The Hall–Kier alpha value is -11.4. The van der Waals surface area contributed by atoms with Crippen molar-refractivity contribution in [2.45, 2.75) is 193 Å². The van der Waals surface area contributed by atoms with Crippen LogP contribution >= 0.6 is 0 Å². The van der Waals surface area contributed by atoms with Crippen molar-refractivity contribution >= 4 is 105 Å². The maximum absolute atomic E-state index is 14.8. The van der Waals surface area contributed by atoms with Gasteiger partial charge in [0.2, 0.25) is 70.9 Å². The Balaban J connectivity index is 1.18. The fourth-order valence-corrected chi connectivity index (χ4v) is 11.8. The number of carbonyl (C=O) groups excluding carboxylic acids is 13. The van der Waals surface area contributed by atoms with Crippen LogP contribution in [0.4, 0.5) is 0 Å². The van der Waals surface area contributed by atoms with Gasteiger partial charge in [-0.2, -0.15) is 0 Å². The van der Waals surface area contributed by atoms with Gasteiger partial charge in [-0.15, -0.1) is 0 Å². The lowest BCUT2D eigenvalue weighted by Gasteiger charge is -2.29. The van der Waals surface area contributed by atoms with E-state index in [1.165, 1.54) is 26.4 Å². The average Bonchev–Trinajstić information content (AvgIpc) is 1.63. The SMILES string of the molecule is CC(C)C[C@H](NC(=O)[C@H](Cc1c[nH]cn1)NC(=O)[C@H](Cc1c[nH]c2ccccc12)NC(=O)[C@H](C)NC(=O)CCC=O)C(=O)NCC(=O)N[C@@H](CCC(=O)O)C(=O)N[C@@H](CC(C)C)C(=O)NC(C(=O)N[C@@H](Cc1c[nH]c2ccccc12)C(=O)N[C@@H](Cc1ccccc1CN)C(=O)NC(C(N)=O)[C@@H](C)O)C(C)C. The second-order valence-corrected chi connectivity index (χ2v) is 27.3. The van der Waals surface area contributed by atoms with Gasteiger partial charge in [0, 0.05) is 91.9 Å². The zero-order valence-corrected chi connectivity index (χ0v) is 60.6. The number of aliphatic carboxylic acids is 1. The third-order valence-electron chi connectivity index (χ3n) is 17.5. The Labute approximate surface area is 612 Å². The van der Waals surface area contributed by atoms with Gasteiger partial charge in [0.15, 0.2) is 0 Å². The lowest BCUT2D eigenvalue weighted by molar-refractivity contribution is -0.138. The molecule has 0 aliphatic heterocycles. The Morgan fingerprint density at radius 1 is 0.481 bits per heavy atom. The molecule has 20 N–H and O–H groups in total. The molecule has 0 saturated heterocycles. The lowest BCUT2D eigenvalue weighted by Crippen LogP contribution is -2.61. The molecule has 0 saturated carbocycles. The summed E-state index contributed by atoms with van der Waals surface area (Å²) in [6.07, 6.45) is 3.08. The van der Waals surface area contributed by atoms with Gasteiger partial charge in [-0.25, -0.2) is 4.98 Å². The smallest absolute Gasteiger partial charge is 0.303 e. The third kappa shape index (κ3) is 25.5. The number of aliphatic hydroxyl groups excluding tert-OH is 1. The van der Waals surface area contributed by atoms with Gasteiger partial charge in [-0.1, -0.05) is 102 Å². The van der Waals surface area contributed by atoms with Gasteiger partial charge in [0.25, 0.3) is 0 Å². The van der Waals surface area contributed by atoms with Crippen LogP contribution < -0.4 is 70.0 Å². The molecular weight excluding hydrogens is 1370 g/mol. The largest absolute Gasteiger partial charge is 0.481 e. The minimum absolute atomic E-state index is 0.0131. The molecule has 0 fully saturated rings. The molecule has 12 amide bonds. The number of benzene rings is 3. The first-order chi connectivity index (χ1) is 50.3. The summed E-state index contributed by atoms with van der Waals surface area (Å²) in [6, 6.07) is 6.90. The Morgan fingerprint density at radius 3 is 1.42 bits per heavy atom. The molecule has 0 radical (unpaired) electrons. The highest BCUT2D eigenvalue weighted by Gasteiger charge is 2.38. The number of nitrogens with zero attached hydrogens (tertiary/aromatic N) is 1. The molecule has 2 unspecified atom stereocenters. The summed E-state index contributed by atoms with van der Waals surface area (Å²) in [5.74, 6) is -13.2. The van der Waals surface area contributed by atoms with Crippen LogP contribution in [0.15, 0.2) is 97.7 Å². The number of nitrogens with one attached hydrogen (secondary N) is 14. The minimum Gasteiger partial charge on any atom is -0.481 e. The van der Waals surface area contributed by atoms with Crippen LogP contribution in [0.5, 0.6) is 0 Å². The number of imidazole rings is 1. The van der Waals surface area contributed by atoms with Crippen molar-refractivity contribution in [1.82, 2.24) is 78.4 Å². The summed E-state index contributed by atoms with van der Waals surface area (Å²) in [5, 5.41) is 50.3. The molecule has 572 valence electrons. The van der Waals surface area contributed by atoms with Crippen LogP contribution in [0.2, 0.25) is 0 Å². The van der Waals surface area contributed by atoms with Crippen molar-refractivity contribution in [1.29, 1.82) is 0 Å². The fraction of sp³-hybridized carbons (Fsp3) is 0.466. The normalized spacial score (nSPS) is 14.5. The van der Waals surface area contributed by atoms with E-state index in [9.17, 15) is 77.3 Å². The Bertz CT molecular complexity index is 4060. The topological polar surface area (TPSA) is 524 Å². The van der Waals surface area contributed by atoms with E-state index in [2.05, 4.69) is 78.4 Å². The zero-order valence-electron chi connectivity index (χ0n) is 60.6. The van der Waals surface area contributed by atoms with E-state index in [0.717, 1.165) is 10.9 Å². The number of aldehydes is 1. The number of amides is 12. The van der Waals surface area contributed by atoms with E-state index >= 15 is 0 Å². The van der Waals surface area contributed by atoms with E-state index in [-0.39, 0.29) is 69.7 Å². The number of rotatable bonds is 43. The summed E-state index contributed by atoms with van der Waals surface area (Å²) in [7, 11) is 0. The third-order valence-corrected chi connectivity index (χ3v) is 17.5. The molecule has 0 aliphatic rings. The molecule has 6 rings (SSSR count). The van der Waals surface area contributed by atoms with Crippen molar-refractivity contribution in [3.8, 4) is 0 Å². The van der Waals surface area contributed by atoms with Crippen molar-refractivity contribution in [3.05, 3.63) is 126 Å². The molecule has 0 aliphatic carbocycles. The number of aromatic amines is 3. The number of nitrogens with two attached hydrogens (primary N) is 2. The number of aromatic nitrogens is 4. The molecule has 3 aromatic heterocycles. The molecule has 33 nitrogen and oxygen atoms in total. The second-order valence-electron chi connectivity index (χ2n) is 27.3. The number of hydrogen-bond donors (Lipinski definition) is 18. The van der Waals surface area contributed by atoms with Crippen LogP contribution in [0, 0.1) is 17.8 Å². The number of hydrogen-bond acceptors (Lipinski definition) is 17. The number of aliphatic hydroxyl groups is 1. The Morgan fingerprint density at radius 2 is 0.934 bits per heavy atom. The number of para-hydroxylation sites is 2. The zero-order chi connectivity index (χ0) is 77.9. The van der Waals surface area contributed by atoms with E-state index in [1.54, 1.807) is 115 Å². The van der Waals surface area contributed by atoms with Crippen LogP contribution in [-0.2, 0) is 99.4 Å². The molecule has 106 heavy (non-hydrogen) atoms. The number of carboxylic acid groups (broad SMARTS) is 1. The standard InChI is InChI=1S/C73H99N17O16/c1-38(2)26-53(84-70(103)58(31-47-35-76-37-80-47)87-68(101)56(29-45-33-77-50-20-13-11-18-48(45)50)83-65(98)41(7)81-59(93)22-15-25-91)66(99)79-36-60(94)82-52(23-24-61(95)96)67(100)85-54(27-39(3)4)71(104)89-62(40(5)6)73(106)88-57(30-46-34-78-51-21-14-12-19-49(46)51)69(102)86-55(28-43-16-9-10-17-44(43)32-74)72(105)90-63(42(8)92)64(75)97/h9-14,16-21,25,33-35,37-42,52-58,62-63,77-78,92H,15,22-24,26-32,36,74H2,1-8H3,(H2,75,97)(H,76,80)(H,79,99)(H,81,93)(H,82,94)(H,83,98)(H,84,103)(H,85,100)(H,86,102)(H,87,101)(H,88,106)(H,89,104)(H,90,105)(H,95,96)/t41-,42+,52-,53-,54-,55-,56-,57-,58-,62?,63?/m0/s1. The first-order valence-electron chi connectivity index (χ1n) is 35.1. The lowest BCUT2D eigenvalue weighted by atomic mass is 9.97. The van der Waals surface area contributed by atoms with Crippen molar-refractivity contribution in [2.75, 3.05) is 6.54 Å². The van der Waals surface area contributed by atoms with Crippen LogP contribution in [0.3, 0.4) is 0 Å². The second kappa shape index (κ2) is 40.6. The average molecular weight is 1470 g/mol. The predicted octanol–water partition coefficient (Wildman–Crippen LogP) is -0.456. The molecule has 3 aromatic carbocycles. The van der Waals surface area contributed by atoms with Gasteiger partial charge in [-0.05, 0) is 85.3 Å². The first-order valence-corrected chi connectivity index (χ1v) is 35.1. The molecule has 33 heteroatoms. The molecule has 0 bridgehead atoms. The maximum atomic E-state index is 14.8. The van der Waals surface area contributed by atoms with E-state index in [0.29, 0.717) is 45.1 Å². The van der Waals surface area contributed by atoms with Gasteiger partial charge in [0.05, 0.1) is 24.7 Å². The number of carbonyl (C=O) groups is 14. The molecule has 0 spiro atoms. The van der Waals surface area contributed by atoms with Gasteiger partial charge in [-0.3, -0.25) is 62.3 Å². The van der Waals surface area contributed by atoms with Crippen molar-refractivity contribution in [2.24, 2.45) is 29.2 Å². The van der Waals surface area contributed by atoms with Gasteiger partial charge in [0.1, 0.15) is 66.7 Å². The van der Waals surface area contributed by atoms with Crippen LogP contribution in [0.1, 0.15) is 122 Å². The van der Waals surface area contributed by atoms with Crippen molar-refractivity contribution < 1.29 is 77.3 Å². The highest BCUT2D eigenvalue weighted by atomic mass is 16.4. The Kier molecular flexibility index (Phi) is 32.0.